The van der Waals surface area contributed by atoms with E-state index in [1.165, 1.54) is 6.07 Å². The molecule has 0 aromatic heterocycles. The molecule has 0 aliphatic rings. The van der Waals surface area contributed by atoms with E-state index in [1.54, 1.807) is 18.2 Å². The summed E-state index contributed by atoms with van der Waals surface area (Å²) in [6, 6.07) is 7.71. The van der Waals surface area contributed by atoms with Crippen molar-refractivity contribution in [3.8, 4) is 0 Å². The van der Waals surface area contributed by atoms with E-state index in [2.05, 4.69) is 5.32 Å². The lowest BCUT2D eigenvalue weighted by atomic mass is 10.1. The number of amides is 1. The van der Waals surface area contributed by atoms with E-state index in [1.807, 2.05) is 22.6 Å². The molecule has 2 aromatic carbocycles. The number of hydrogen-bond acceptors (Lipinski definition) is 2. The van der Waals surface area contributed by atoms with Gasteiger partial charge in [0.1, 0.15) is 0 Å². The van der Waals surface area contributed by atoms with Crippen LogP contribution in [0.4, 0.5) is 14.5 Å². The third kappa shape index (κ3) is 3.54. The third-order valence-corrected chi connectivity index (χ3v) is 3.30. The maximum absolute atomic E-state index is 13.2. The number of carbonyl (C=O) groups is 2. The van der Waals surface area contributed by atoms with Crippen molar-refractivity contribution in [1.82, 2.24) is 0 Å². The molecule has 0 radical (unpaired) electrons. The van der Waals surface area contributed by atoms with Crippen molar-refractivity contribution < 1.29 is 23.5 Å². The monoisotopic (exact) mass is 403 g/mol. The highest BCUT2D eigenvalue weighted by Crippen LogP contribution is 2.21. The summed E-state index contributed by atoms with van der Waals surface area (Å²) in [5.41, 5.74) is -0.541. The SMILES string of the molecule is O=C(Nc1cc(F)c(F)cc1C(=O)O)c1cccc(I)c1. The highest BCUT2D eigenvalue weighted by atomic mass is 127. The fraction of sp³-hybridized carbons (Fsp3) is 0. The number of anilines is 1. The summed E-state index contributed by atoms with van der Waals surface area (Å²) in [5.74, 6) is -4.61. The molecule has 7 heteroatoms. The second-order valence-corrected chi connectivity index (χ2v) is 5.33. The van der Waals surface area contributed by atoms with Crippen molar-refractivity contribution >= 4 is 40.2 Å². The molecule has 2 rings (SSSR count). The Labute approximate surface area is 131 Å². The van der Waals surface area contributed by atoms with Crippen LogP contribution in [-0.4, -0.2) is 17.0 Å². The Hall–Kier alpha value is -2.03. The van der Waals surface area contributed by atoms with Crippen LogP contribution >= 0.6 is 22.6 Å². The molecule has 108 valence electrons. The number of hydrogen-bond donors (Lipinski definition) is 2. The fourth-order valence-electron chi connectivity index (χ4n) is 1.65. The molecule has 2 N–H and O–H groups in total. The average Bonchev–Trinajstić information content (AvgIpc) is 2.42. The first-order chi connectivity index (χ1) is 9.88. The number of aromatic carboxylic acids is 1. The van der Waals surface area contributed by atoms with Gasteiger partial charge in [-0.2, -0.15) is 0 Å². The molecule has 0 spiro atoms. The first-order valence-electron chi connectivity index (χ1n) is 5.67. The van der Waals surface area contributed by atoms with E-state index >= 15 is 0 Å². The normalized spacial score (nSPS) is 10.2. The van der Waals surface area contributed by atoms with Crippen molar-refractivity contribution in [3.63, 3.8) is 0 Å². The molecule has 0 bridgehead atoms. The van der Waals surface area contributed by atoms with Gasteiger partial charge in [-0.25, -0.2) is 13.6 Å². The van der Waals surface area contributed by atoms with Crippen LogP contribution < -0.4 is 5.32 Å². The van der Waals surface area contributed by atoms with Crippen molar-refractivity contribution in [2.75, 3.05) is 5.32 Å². The highest BCUT2D eigenvalue weighted by Gasteiger charge is 2.17. The van der Waals surface area contributed by atoms with E-state index in [4.69, 9.17) is 5.11 Å². The first-order valence-corrected chi connectivity index (χ1v) is 6.75. The molecule has 0 unspecified atom stereocenters. The molecule has 0 aliphatic heterocycles. The summed E-state index contributed by atoms with van der Waals surface area (Å²) in [4.78, 5) is 23.0. The molecule has 0 fully saturated rings. The van der Waals surface area contributed by atoms with Gasteiger partial charge in [-0.05, 0) is 46.9 Å². The maximum Gasteiger partial charge on any atom is 0.337 e. The Morgan fingerprint density at radius 2 is 1.76 bits per heavy atom. The minimum Gasteiger partial charge on any atom is -0.478 e. The van der Waals surface area contributed by atoms with Crippen LogP contribution in [0.2, 0.25) is 0 Å². The summed E-state index contributed by atoms with van der Waals surface area (Å²) < 4.78 is 27.1. The second-order valence-electron chi connectivity index (χ2n) is 4.08. The van der Waals surface area contributed by atoms with E-state index in [-0.39, 0.29) is 11.3 Å². The Morgan fingerprint density at radius 1 is 1.10 bits per heavy atom. The molecular formula is C14H8F2INO3. The Bertz CT molecular complexity index is 734. The van der Waals surface area contributed by atoms with Gasteiger partial charge in [0.25, 0.3) is 5.91 Å². The minimum absolute atomic E-state index is 0.281. The number of carboxylic acid groups (broad SMARTS) is 1. The van der Waals surface area contributed by atoms with Crippen LogP contribution in [0.15, 0.2) is 36.4 Å². The van der Waals surface area contributed by atoms with Gasteiger partial charge in [0, 0.05) is 15.2 Å². The Kier molecular flexibility index (Phi) is 4.51. The van der Waals surface area contributed by atoms with Crippen molar-refractivity contribution in [2.24, 2.45) is 0 Å². The molecule has 0 saturated carbocycles. The fourth-order valence-corrected chi connectivity index (χ4v) is 2.19. The van der Waals surface area contributed by atoms with Crippen molar-refractivity contribution in [2.45, 2.75) is 0 Å². The molecule has 4 nitrogen and oxygen atoms in total. The first kappa shape index (κ1) is 15.4. The number of halogens is 3. The molecule has 0 aliphatic carbocycles. The van der Waals surface area contributed by atoms with Gasteiger partial charge in [0.15, 0.2) is 11.6 Å². The third-order valence-electron chi connectivity index (χ3n) is 2.63. The van der Waals surface area contributed by atoms with Gasteiger partial charge in [-0.15, -0.1) is 0 Å². The number of nitrogens with one attached hydrogen (secondary N) is 1. The standard InChI is InChI=1S/C14H8F2INO3/c15-10-5-9(14(20)21)12(6-11(10)16)18-13(19)7-2-1-3-8(17)4-7/h1-6H,(H,18,19)(H,20,21). The van der Waals surface area contributed by atoms with Gasteiger partial charge >= 0.3 is 5.97 Å². The average molecular weight is 403 g/mol. The van der Waals surface area contributed by atoms with Gasteiger partial charge < -0.3 is 10.4 Å². The number of carboxylic acids is 1. The molecule has 0 atom stereocenters. The number of benzene rings is 2. The van der Waals surface area contributed by atoms with Crippen LogP contribution in [0.5, 0.6) is 0 Å². The molecule has 21 heavy (non-hydrogen) atoms. The van der Waals surface area contributed by atoms with Gasteiger partial charge in [-0.1, -0.05) is 6.07 Å². The van der Waals surface area contributed by atoms with E-state index < -0.39 is 29.1 Å². The summed E-state index contributed by atoms with van der Waals surface area (Å²) in [6.07, 6.45) is 0. The Morgan fingerprint density at radius 3 is 2.38 bits per heavy atom. The summed E-state index contributed by atoms with van der Waals surface area (Å²) in [5, 5.41) is 11.2. The largest absolute Gasteiger partial charge is 0.478 e. The molecular weight excluding hydrogens is 395 g/mol. The van der Waals surface area contributed by atoms with Crippen molar-refractivity contribution in [3.05, 3.63) is 62.7 Å². The zero-order valence-corrected chi connectivity index (χ0v) is 12.5. The lowest BCUT2D eigenvalue weighted by molar-refractivity contribution is 0.0697. The van der Waals surface area contributed by atoms with Gasteiger partial charge in [0.05, 0.1) is 11.3 Å². The van der Waals surface area contributed by atoms with Crippen LogP contribution in [0.25, 0.3) is 0 Å². The highest BCUT2D eigenvalue weighted by molar-refractivity contribution is 14.1. The minimum atomic E-state index is -1.47. The van der Waals surface area contributed by atoms with Crippen LogP contribution in [0.3, 0.4) is 0 Å². The molecule has 0 heterocycles. The van der Waals surface area contributed by atoms with Crippen LogP contribution in [0, 0.1) is 15.2 Å². The molecule has 2 aromatic rings. The van der Waals surface area contributed by atoms with E-state index in [0.717, 1.165) is 3.57 Å². The van der Waals surface area contributed by atoms with Gasteiger partial charge in [0.2, 0.25) is 0 Å². The van der Waals surface area contributed by atoms with E-state index in [9.17, 15) is 18.4 Å². The second kappa shape index (κ2) is 6.17. The zero-order valence-electron chi connectivity index (χ0n) is 10.4. The molecule has 0 saturated heterocycles. The quantitative estimate of drug-likeness (QED) is 0.771. The summed E-state index contributed by atoms with van der Waals surface area (Å²) in [7, 11) is 0. The van der Waals surface area contributed by atoms with E-state index in [0.29, 0.717) is 12.1 Å². The van der Waals surface area contributed by atoms with Crippen LogP contribution in [-0.2, 0) is 0 Å². The maximum atomic E-state index is 13.2. The molecule has 1 amide bonds. The van der Waals surface area contributed by atoms with Crippen LogP contribution in [0.1, 0.15) is 20.7 Å². The van der Waals surface area contributed by atoms with Gasteiger partial charge in [-0.3, -0.25) is 4.79 Å². The predicted molar refractivity (Wildman–Crippen MR) is 80.4 cm³/mol. The van der Waals surface area contributed by atoms with Crippen molar-refractivity contribution in [1.29, 1.82) is 0 Å². The topological polar surface area (TPSA) is 66.4 Å². The Balaban J connectivity index is 2.37. The summed E-state index contributed by atoms with van der Waals surface area (Å²) in [6.45, 7) is 0. The lowest BCUT2D eigenvalue weighted by Gasteiger charge is -2.09. The predicted octanol–water partition coefficient (Wildman–Crippen LogP) is 3.52. The summed E-state index contributed by atoms with van der Waals surface area (Å²) >= 11 is 2.01. The number of carbonyl (C=O) groups excluding carboxylic acids is 1. The lowest BCUT2D eigenvalue weighted by Crippen LogP contribution is -2.15. The smallest absolute Gasteiger partial charge is 0.337 e. The zero-order chi connectivity index (χ0) is 15.6. The number of rotatable bonds is 3.